The summed E-state index contributed by atoms with van der Waals surface area (Å²) >= 11 is 3.44. The van der Waals surface area contributed by atoms with E-state index in [1.54, 1.807) is 0 Å². The molecule has 0 aromatic heterocycles. The van der Waals surface area contributed by atoms with Crippen molar-refractivity contribution in [2.45, 2.75) is 24.1 Å². The average molecular weight is 195 g/mol. The second kappa shape index (κ2) is 6.52. The smallest absolute Gasteiger partial charge is 0.0268 e. The van der Waals surface area contributed by atoms with Crippen molar-refractivity contribution in [3.05, 3.63) is 0 Å². The van der Waals surface area contributed by atoms with Gasteiger partial charge in [0.25, 0.3) is 0 Å². The number of rotatable bonds is 5. The van der Waals surface area contributed by atoms with Gasteiger partial charge < -0.3 is 11.5 Å². The first-order valence-corrected chi connectivity index (χ1v) is 4.27. The van der Waals surface area contributed by atoms with Gasteiger partial charge in [-0.05, 0) is 19.4 Å². The molecule has 0 aliphatic rings. The van der Waals surface area contributed by atoms with Crippen LogP contribution in [0.3, 0.4) is 0 Å². The number of unbranched alkanes of at least 4 members (excludes halogenated alkanes) is 1. The summed E-state index contributed by atoms with van der Waals surface area (Å²) in [6.07, 6.45) is 3.44. The molecule has 0 radical (unpaired) electrons. The highest BCUT2D eigenvalue weighted by Crippen LogP contribution is 2.06. The van der Waals surface area contributed by atoms with Crippen molar-refractivity contribution < 1.29 is 0 Å². The molecule has 0 saturated heterocycles. The van der Waals surface area contributed by atoms with Crippen LogP contribution in [-0.4, -0.2) is 17.9 Å². The normalized spacial score (nSPS) is 13.7. The summed E-state index contributed by atoms with van der Waals surface area (Å²) in [5.41, 5.74) is 10.7. The van der Waals surface area contributed by atoms with E-state index in [2.05, 4.69) is 15.9 Å². The van der Waals surface area contributed by atoms with Gasteiger partial charge in [-0.3, -0.25) is 0 Å². The van der Waals surface area contributed by atoms with Crippen LogP contribution in [0.4, 0.5) is 0 Å². The van der Waals surface area contributed by atoms with Crippen molar-refractivity contribution in [1.29, 1.82) is 0 Å². The standard InChI is InChI=1S/C6H15BrN2/c7-6(5-9)3-1-2-4-8/h6H,1-5,8-9H2. The van der Waals surface area contributed by atoms with Crippen LogP contribution in [-0.2, 0) is 0 Å². The Morgan fingerprint density at radius 1 is 1.22 bits per heavy atom. The molecule has 0 aliphatic heterocycles. The fourth-order valence-electron chi connectivity index (χ4n) is 0.628. The van der Waals surface area contributed by atoms with Crippen LogP contribution in [0.25, 0.3) is 0 Å². The van der Waals surface area contributed by atoms with Crippen molar-refractivity contribution in [2.75, 3.05) is 13.1 Å². The van der Waals surface area contributed by atoms with Crippen LogP contribution in [0.1, 0.15) is 19.3 Å². The Morgan fingerprint density at radius 2 is 1.89 bits per heavy atom. The van der Waals surface area contributed by atoms with E-state index in [-0.39, 0.29) is 0 Å². The van der Waals surface area contributed by atoms with E-state index >= 15 is 0 Å². The fourth-order valence-corrected chi connectivity index (χ4v) is 0.952. The van der Waals surface area contributed by atoms with Crippen LogP contribution < -0.4 is 11.5 Å². The third kappa shape index (κ3) is 6.28. The summed E-state index contributed by atoms with van der Waals surface area (Å²) < 4.78 is 0. The highest BCUT2D eigenvalue weighted by molar-refractivity contribution is 9.09. The maximum atomic E-state index is 5.38. The Labute approximate surface area is 65.1 Å². The third-order valence-electron chi connectivity index (χ3n) is 1.23. The van der Waals surface area contributed by atoms with E-state index in [0.717, 1.165) is 25.9 Å². The van der Waals surface area contributed by atoms with Crippen molar-refractivity contribution >= 4 is 15.9 Å². The molecule has 0 amide bonds. The lowest BCUT2D eigenvalue weighted by atomic mass is 10.2. The topological polar surface area (TPSA) is 52.0 Å². The lowest BCUT2D eigenvalue weighted by Gasteiger charge is -2.03. The van der Waals surface area contributed by atoms with Gasteiger partial charge in [0.15, 0.2) is 0 Å². The van der Waals surface area contributed by atoms with E-state index < -0.39 is 0 Å². The molecule has 0 fully saturated rings. The monoisotopic (exact) mass is 194 g/mol. The van der Waals surface area contributed by atoms with Crippen LogP contribution in [0.2, 0.25) is 0 Å². The summed E-state index contributed by atoms with van der Waals surface area (Å²) in [7, 11) is 0. The second-order valence-corrected chi connectivity index (χ2v) is 3.41. The summed E-state index contributed by atoms with van der Waals surface area (Å²) in [4.78, 5) is 0.490. The Bertz CT molecular complexity index is 59.0. The minimum atomic E-state index is 0.490. The molecule has 0 rings (SSSR count). The molecule has 9 heavy (non-hydrogen) atoms. The molecule has 0 aromatic carbocycles. The number of hydrogen-bond donors (Lipinski definition) is 2. The Morgan fingerprint density at radius 3 is 2.33 bits per heavy atom. The highest BCUT2D eigenvalue weighted by atomic mass is 79.9. The molecule has 2 nitrogen and oxygen atoms in total. The molecule has 4 N–H and O–H groups in total. The number of nitrogens with two attached hydrogens (primary N) is 2. The molecule has 1 unspecified atom stereocenters. The van der Waals surface area contributed by atoms with Crippen molar-refractivity contribution in [1.82, 2.24) is 0 Å². The van der Waals surface area contributed by atoms with Gasteiger partial charge in [0.2, 0.25) is 0 Å². The van der Waals surface area contributed by atoms with Crippen LogP contribution in [0.5, 0.6) is 0 Å². The lowest BCUT2D eigenvalue weighted by Crippen LogP contribution is -2.13. The van der Waals surface area contributed by atoms with Crippen molar-refractivity contribution in [2.24, 2.45) is 11.5 Å². The second-order valence-electron chi connectivity index (χ2n) is 2.12. The number of alkyl halides is 1. The first kappa shape index (κ1) is 9.40. The highest BCUT2D eigenvalue weighted by Gasteiger charge is 1.98. The van der Waals surface area contributed by atoms with Crippen molar-refractivity contribution in [3.63, 3.8) is 0 Å². The Kier molecular flexibility index (Phi) is 6.81. The molecular formula is C6H15BrN2. The quantitative estimate of drug-likeness (QED) is 0.504. The van der Waals surface area contributed by atoms with E-state index in [0.29, 0.717) is 4.83 Å². The zero-order chi connectivity index (χ0) is 7.11. The molecule has 1 atom stereocenters. The molecule has 56 valence electrons. The average Bonchev–Trinajstić information content (AvgIpc) is 1.89. The SMILES string of the molecule is NCCCCC(Br)CN. The van der Waals surface area contributed by atoms with Crippen LogP contribution in [0, 0.1) is 0 Å². The van der Waals surface area contributed by atoms with Gasteiger partial charge in [-0.2, -0.15) is 0 Å². The molecule has 0 heterocycles. The molecule has 0 saturated carbocycles. The van der Waals surface area contributed by atoms with Crippen LogP contribution >= 0.6 is 15.9 Å². The first-order valence-electron chi connectivity index (χ1n) is 3.35. The summed E-state index contributed by atoms with van der Waals surface area (Å²) in [6, 6.07) is 0. The van der Waals surface area contributed by atoms with Crippen molar-refractivity contribution in [3.8, 4) is 0 Å². The van der Waals surface area contributed by atoms with Gasteiger partial charge in [0.1, 0.15) is 0 Å². The van der Waals surface area contributed by atoms with Gasteiger partial charge >= 0.3 is 0 Å². The lowest BCUT2D eigenvalue weighted by molar-refractivity contribution is 0.669. The minimum absolute atomic E-state index is 0.490. The maximum absolute atomic E-state index is 5.38. The summed E-state index contributed by atoms with van der Waals surface area (Å²) in [5.74, 6) is 0. The molecule has 0 aliphatic carbocycles. The number of halogens is 1. The summed E-state index contributed by atoms with van der Waals surface area (Å²) in [5, 5.41) is 0. The molecule has 3 heteroatoms. The van der Waals surface area contributed by atoms with E-state index in [1.807, 2.05) is 0 Å². The zero-order valence-corrected chi connectivity index (χ0v) is 7.23. The largest absolute Gasteiger partial charge is 0.330 e. The minimum Gasteiger partial charge on any atom is -0.330 e. The van der Waals surface area contributed by atoms with Gasteiger partial charge in [-0.1, -0.05) is 22.4 Å². The number of hydrogen-bond acceptors (Lipinski definition) is 2. The van der Waals surface area contributed by atoms with Gasteiger partial charge in [0, 0.05) is 11.4 Å². The fraction of sp³-hybridized carbons (Fsp3) is 1.00. The van der Waals surface area contributed by atoms with Gasteiger partial charge in [-0.25, -0.2) is 0 Å². The molecule has 0 aromatic rings. The molecular weight excluding hydrogens is 180 g/mol. The third-order valence-corrected chi connectivity index (χ3v) is 2.06. The van der Waals surface area contributed by atoms with E-state index in [1.165, 1.54) is 6.42 Å². The predicted molar refractivity (Wildman–Crippen MR) is 44.7 cm³/mol. The molecule has 0 spiro atoms. The summed E-state index contributed by atoms with van der Waals surface area (Å²) in [6.45, 7) is 1.52. The zero-order valence-electron chi connectivity index (χ0n) is 5.65. The van der Waals surface area contributed by atoms with Gasteiger partial charge in [0.05, 0.1) is 0 Å². The van der Waals surface area contributed by atoms with Crippen LogP contribution in [0.15, 0.2) is 0 Å². The first-order chi connectivity index (χ1) is 4.31. The molecule has 0 bridgehead atoms. The Hall–Kier alpha value is 0.400. The maximum Gasteiger partial charge on any atom is 0.0268 e. The Balaban J connectivity index is 2.88. The van der Waals surface area contributed by atoms with E-state index in [9.17, 15) is 0 Å². The van der Waals surface area contributed by atoms with Gasteiger partial charge in [-0.15, -0.1) is 0 Å². The van der Waals surface area contributed by atoms with E-state index in [4.69, 9.17) is 11.5 Å². The predicted octanol–water partition coefficient (Wildman–Crippen LogP) is 0.838.